The quantitative estimate of drug-likeness (QED) is 0.415. The maximum absolute atomic E-state index is 6.18. The fourth-order valence-electron chi connectivity index (χ4n) is 3.57. The van der Waals surface area contributed by atoms with E-state index < -0.39 is 0 Å². The average molecular weight is 328 g/mol. The summed E-state index contributed by atoms with van der Waals surface area (Å²) in [7, 11) is 0. The van der Waals surface area contributed by atoms with E-state index in [1.807, 2.05) is 0 Å². The van der Waals surface area contributed by atoms with Crippen LogP contribution in [0.25, 0.3) is 22.3 Å². The molecule has 1 atom stereocenters. The highest BCUT2D eigenvalue weighted by Crippen LogP contribution is 2.43. The third kappa shape index (κ3) is 2.95. The molecule has 1 nitrogen and oxygen atoms in total. The first kappa shape index (κ1) is 16.0. The maximum Gasteiger partial charge on any atom is 0.127 e. The largest absolute Gasteiger partial charge is 0.493 e. The second-order valence-electron chi connectivity index (χ2n) is 6.99. The summed E-state index contributed by atoms with van der Waals surface area (Å²) in [4.78, 5) is 0. The number of benzene rings is 3. The molecule has 1 heteroatoms. The van der Waals surface area contributed by atoms with Crippen LogP contribution in [0.5, 0.6) is 5.75 Å². The summed E-state index contributed by atoms with van der Waals surface area (Å²) >= 11 is 0. The fraction of sp³-hybridized carbons (Fsp3) is 0.250. The van der Waals surface area contributed by atoms with E-state index in [4.69, 9.17) is 4.74 Å². The van der Waals surface area contributed by atoms with Crippen molar-refractivity contribution in [1.29, 1.82) is 0 Å². The molecule has 3 aromatic rings. The lowest BCUT2D eigenvalue weighted by atomic mass is 9.95. The molecule has 1 aliphatic rings. The van der Waals surface area contributed by atoms with Gasteiger partial charge >= 0.3 is 0 Å². The molecule has 126 valence electrons. The Morgan fingerprint density at radius 3 is 2.24 bits per heavy atom. The van der Waals surface area contributed by atoms with E-state index in [0.717, 1.165) is 25.2 Å². The molecule has 1 aliphatic carbocycles. The Morgan fingerprint density at radius 1 is 0.800 bits per heavy atom. The van der Waals surface area contributed by atoms with Crippen molar-refractivity contribution in [2.45, 2.75) is 26.7 Å². The summed E-state index contributed by atoms with van der Waals surface area (Å²) in [6, 6.07) is 23.8. The van der Waals surface area contributed by atoms with Crippen LogP contribution >= 0.6 is 0 Å². The molecule has 0 bridgehead atoms. The van der Waals surface area contributed by atoms with Gasteiger partial charge < -0.3 is 4.74 Å². The highest BCUT2D eigenvalue weighted by Gasteiger charge is 2.22. The molecule has 0 radical (unpaired) electrons. The van der Waals surface area contributed by atoms with E-state index in [0.29, 0.717) is 5.92 Å². The van der Waals surface area contributed by atoms with Gasteiger partial charge in [-0.25, -0.2) is 0 Å². The van der Waals surface area contributed by atoms with Gasteiger partial charge in [-0.15, -0.1) is 0 Å². The van der Waals surface area contributed by atoms with Crippen LogP contribution in [0.3, 0.4) is 0 Å². The summed E-state index contributed by atoms with van der Waals surface area (Å²) in [5.74, 6) is 1.56. The molecular formula is C24H24O. The predicted molar refractivity (Wildman–Crippen MR) is 105 cm³/mol. The van der Waals surface area contributed by atoms with E-state index in [2.05, 4.69) is 80.6 Å². The van der Waals surface area contributed by atoms with Gasteiger partial charge in [0.25, 0.3) is 0 Å². The molecule has 0 aromatic heterocycles. The minimum absolute atomic E-state index is 0.568. The van der Waals surface area contributed by atoms with Crippen LogP contribution in [-0.2, 0) is 6.42 Å². The highest BCUT2D eigenvalue weighted by atomic mass is 16.5. The Balaban J connectivity index is 1.75. The third-order valence-corrected chi connectivity index (χ3v) is 5.25. The fourth-order valence-corrected chi connectivity index (χ4v) is 3.57. The van der Waals surface area contributed by atoms with Gasteiger partial charge in [0.2, 0.25) is 0 Å². The Labute approximate surface area is 150 Å². The summed E-state index contributed by atoms with van der Waals surface area (Å²) in [5.41, 5.74) is 8.08. The number of fused-ring (bicyclic) bond motifs is 3. The molecule has 0 spiro atoms. The molecule has 0 saturated carbocycles. The van der Waals surface area contributed by atoms with E-state index >= 15 is 0 Å². The van der Waals surface area contributed by atoms with Crippen LogP contribution in [0.15, 0.2) is 66.7 Å². The van der Waals surface area contributed by atoms with Crippen molar-refractivity contribution < 1.29 is 4.74 Å². The lowest BCUT2D eigenvalue weighted by Gasteiger charge is -2.16. The van der Waals surface area contributed by atoms with Gasteiger partial charge in [-0.05, 0) is 46.2 Å². The standard InChI is InChI=1S/C24H24O/c1-3-17(2)16-25-24-14-7-6-11-22(24)21-13-8-12-20-19-10-5-4-9-18(19)15-23(20)21/h4-14,17H,3,15-16H2,1-2H3. The van der Waals surface area contributed by atoms with E-state index in [-0.39, 0.29) is 0 Å². The summed E-state index contributed by atoms with van der Waals surface area (Å²) in [5, 5.41) is 0. The van der Waals surface area contributed by atoms with Gasteiger partial charge in [0.1, 0.15) is 5.75 Å². The molecule has 0 N–H and O–H groups in total. The number of hydrogen-bond donors (Lipinski definition) is 0. The van der Waals surface area contributed by atoms with Crippen molar-refractivity contribution in [1.82, 2.24) is 0 Å². The molecule has 0 amide bonds. The number of hydrogen-bond acceptors (Lipinski definition) is 1. The molecule has 0 heterocycles. The van der Waals surface area contributed by atoms with E-state index in [1.165, 1.54) is 33.4 Å². The van der Waals surface area contributed by atoms with Gasteiger partial charge in [-0.2, -0.15) is 0 Å². The second kappa shape index (κ2) is 6.76. The number of ether oxygens (including phenoxy) is 1. The molecule has 3 aromatic carbocycles. The monoisotopic (exact) mass is 328 g/mol. The molecule has 4 rings (SSSR count). The van der Waals surface area contributed by atoms with Crippen molar-refractivity contribution in [2.75, 3.05) is 6.61 Å². The first-order valence-corrected chi connectivity index (χ1v) is 9.20. The van der Waals surface area contributed by atoms with Crippen LogP contribution in [0.2, 0.25) is 0 Å². The molecular weight excluding hydrogens is 304 g/mol. The number of para-hydroxylation sites is 1. The zero-order valence-corrected chi connectivity index (χ0v) is 15.0. The first-order valence-electron chi connectivity index (χ1n) is 9.20. The minimum Gasteiger partial charge on any atom is -0.493 e. The van der Waals surface area contributed by atoms with Gasteiger partial charge in [0.15, 0.2) is 0 Å². The van der Waals surface area contributed by atoms with Crippen molar-refractivity contribution >= 4 is 0 Å². The highest BCUT2D eigenvalue weighted by molar-refractivity contribution is 5.86. The normalized spacial score (nSPS) is 13.2. The van der Waals surface area contributed by atoms with Crippen LogP contribution in [0.4, 0.5) is 0 Å². The Hall–Kier alpha value is -2.54. The van der Waals surface area contributed by atoms with E-state index in [9.17, 15) is 0 Å². The van der Waals surface area contributed by atoms with Crippen LogP contribution in [-0.4, -0.2) is 6.61 Å². The lowest BCUT2D eigenvalue weighted by Crippen LogP contribution is -2.08. The zero-order chi connectivity index (χ0) is 17.2. The zero-order valence-electron chi connectivity index (χ0n) is 15.0. The predicted octanol–water partition coefficient (Wildman–Crippen LogP) is 6.35. The molecule has 1 unspecified atom stereocenters. The second-order valence-corrected chi connectivity index (χ2v) is 6.99. The van der Waals surface area contributed by atoms with Crippen LogP contribution in [0, 0.1) is 5.92 Å². The van der Waals surface area contributed by atoms with Crippen LogP contribution in [0.1, 0.15) is 31.4 Å². The topological polar surface area (TPSA) is 9.23 Å². The smallest absolute Gasteiger partial charge is 0.127 e. The molecule has 0 aliphatic heterocycles. The van der Waals surface area contributed by atoms with Crippen molar-refractivity contribution in [3.05, 3.63) is 77.9 Å². The lowest BCUT2D eigenvalue weighted by molar-refractivity contribution is 0.257. The summed E-state index contributed by atoms with van der Waals surface area (Å²) < 4.78 is 6.18. The third-order valence-electron chi connectivity index (χ3n) is 5.25. The molecule has 0 saturated heterocycles. The van der Waals surface area contributed by atoms with Gasteiger partial charge in [-0.3, -0.25) is 0 Å². The molecule has 0 fully saturated rings. The maximum atomic E-state index is 6.18. The first-order chi connectivity index (χ1) is 12.3. The van der Waals surface area contributed by atoms with Crippen molar-refractivity contribution in [3.8, 4) is 28.0 Å². The number of rotatable bonds is 5. The SMILES string of the molecule is CCC(C)COc1ccccc1-c1cccc2c1Cc1ccccc1-2. The van der Waals surface area contributed by atoms with Gasteiger partial charge in [0.05, 0.1) is 6.61 Å². The van der Waals surface area contributed by atoms with Crippen molar-refractivity contribution in [2.24, 2.45) is 5.92 Å². The minimum atomic E-state index is 0.568. The summed E-state index contributed by atoms with van der Waals surface area (Å²) in [6.45, 7) is 5.21. The Kier molecular flexibility index (Phi) is 4.31. The summed E-state index contributed by atoms with van der Waals surface area (Å²) in [6.07, 6.45) is 2.14. The molecule has 25 heavy (non-hydrogen) atoms. The van der Waals surface area contributed by atoms with Crippen LogP contribution < -0.4 is 4.74 Å². The van der Waals surface area contributed by atoms with Gasteiger partial charge in [0, 0.05) is 5.56 Å². The Bertz CT molecular complexity index is 894. The van der Waals surface area contributed by atoms with Crippen molar-refractivity contribution in [3.63, 3.8) is 0 Å². The Morgan fingerprint density at radius 2 is 1.44 bits per heavy atom. The average Bonchev–Trinajstić information content (AvgIpc) is 3.05. The van der Waals surface area contributed by atoms with E-state index in [1.54, 1.807) is 0 Å². The van der Waals surface area contributed by atoms with Gasteiger partial charge in [-0.1, -0.05) is 80.9 Å².